The van der Waals surface area contributed by atoms with E-state index >= 15 is 0 Å². The number of carboxylic acid groups (broad SMARTS) is 1. The summed E-state index contributed by atoms with van der Waals surface area (Å²) in [5.74, 6) is -1.02. The lowest BCUT2D eigenvalue weighted by atomic mass is 9.90. The summed E-state index contributed by atoms with van der Waals surface area (Å²) in [6.45, 7) is 1.66. The van der Waals surface area contributed by atoms with Gasteiger partial charge >= 0.3 is 5.97 Å². The van der Waals surface area contributed by atoms with Crippen molar-refractivity contribution in [2.45, 2.75) is 12.0 Å². The van der Waals surface area contributed by atoms with Crippen LogP contribution in [-0.2, 0) is 15.1 Å². The maximum atomic E-state index is 11.5. The van der Waals surface area contributed by atoms with Gasteiger partial charge in [0.1, 0.15) is 0 Å². The predicted molar refractivity (Wildman–Crippen MR) is 73.9 cm³/mol. The molecule has 1 unspecified atom stereocenters. The summed E-state index contributed by atoms with van der Waals surface area (Å²) in [6.07, 6.45) is 0.845. The van der Waals surface area contributed by atoms with Crippen LogP contribution >= 0.6 is 0 Å². The van der Waals surface area contributed by atoms with Gasteiger partial charge in [0.15, 0.2) is 5.54 Å². The van der Waals surface area contributed by atoms with Crippen LogP contribution in [0, 0.1) is 0 Å². The molecule has 0 fully saturated rings. The summed E-state index contributed by atoms with van der Waals surface area (Å²) in [5, 5.41) is 9.43. The number of hydrogen-bond donors (Lipinski definition) is 2. The van der Waals surface area contributed by atoms with Gasteiger partial charge in [-0.2, -0.15) is 0 Å². The van der Waals surface area contributed by atoms with Gasteiger partial charge in [-0.1, -0.05) is 30.3 Å². The fourth-order valence-electron chi connectivity index (χ4n) is 2.00. The molecule has 3 N–H and O–H groups in total. The minimum absolute atomic E-state index is 0.260. The van der Waals surface area contributed by atoms with E-state index in [-0.39, 0.29) is 6.54 Å². The Labute approximate surface area is 114 Å². The van der Waals surface area contributed by atoms with Gasteiger partial charge in [0.25, 0.3) is 0 Å². The van der Waals surface area contributed by atoms with Gasteiger partial charge in [-0.15, -0.1) is 0 Å². The first-order valence-corrected chi connectivity index (χ1v) is 6.26. The fourth-order valence-corrected chi connectivity index (χ4v) is 2.00. The van der Waals surface area contributed by atoms with Crippen molar-refractivity contribution in [3.63, 3.8) is 0 Å². The number of carbonyl (C=O) groups is 1. The van der Waals surface area contributed by atoms with E-state index in [1.807, 2.05) is 18.0 Å². The minimum Gasteiger partial charge on any atom is -0.480 e. The van der Waals surface area contributed by atoms with Crippen LogP contribution < -0.4 is 5.73 Å². The van der Waals surface area contributed by atoms with Crippen molar-refractivity contribution < 1.29 is 14.6 Å². The molecule has 0 aliphatic heterocycles. The molecule has 1 atom stereocenters. The Bertz CT molecular complexity index is 397. The zero-order chi connectivity index (χ0) is 14.3. The Balaban J connectivity index is 2.75. The molecule has 5 nitrogen and oxygen atoms in total. The summed E-state index contributed by atoms with van der Waals surface area (Å²) in [7, 11) is 3.51. The topological polar surface area (TPSA) is 75.8 Å². The highest BCUT2D eigenvalue weighted by molar-refractivity contribution is 5.80. The second-order valence-corrected chi connectivity index (χ2v) is 4.73. The van der Waals surface area contributed by atoms with Crippen LogP contribution in [0.2, 0.25) is 0 Å². The molecule has 0 aromatic heterocycles. The molecule has 1 aromatic rings. The van der Waals surface area contributed by atoms with Crippen molar-refractivity contribution in [3.8, 4) is 0 Å². The number of ether oxygens (including phenoxy) is 1. The summed E-state index contributed by atoms with van der Waals surface area (Å²) in [4.78, 5) is 13.4. The van der Waals surface area contributed by atoms with Crippen molar-refractivity contribution in [1.82, 2.24) is 4.90 Å². The molecule has 0 saturated carbocycles. The number of rotatable bonds is 8. The van der Waals surface area contributed by atoms with Gasteiger partial charge in [0.2, 0.25) is 0 Å². The van der Waals surface area contributed by atoms with E-state index in [4.69, 9.17) is 10.5 Å². The highest BCUT2D eigenvalue weighted by Crippen LogP contribution is 2.19. The molecule has 0 spiro atoms. The third kappa shape index (κ3) is 4.31. The Hall–Kier alpha value is -1.43. The molecular weight excluding hydrogens is 244 g/mol. The third-order valence-corrected chi connectivity index (χ3v) is 3.08. The molecule has 1 aromatic carbocycles. The van der Waals surface area contributed by atoms with Gasteiger partial charge in [0.05, 0.1) is 0 Å². The lowest BCUT2D eigenvalue weighted by Crippen LogP contribution is -2.52. The largest absolute Gasteiger partial charge is 0.480 e. The van der Waals surface area contributed by atoms with E-state index in [9.17, 15) is 9.90 Å². The number of aliphatic carboxylic acids is 1. The maximum absolute atomic E-state index is 11.5. The number of benzene rings is 1. The lowest BCUT2D eigenvalue weighted by molar-refractivity contribution is -0.144. The molecular formula is C14H22N2O3. The first kappa shape index (κ1) is 15.6. The number of methoxy groups -OCH3 is 1. The molecule has 0 amide bonds. The van der Waals surface area contributed by atoms with Gasteiger partial charge in [-0.05, 0) is 19.0 Å². The number of carboxylic acids is 1. The summed E-state index contributed by atoms with van der Waals surface area (Å²) in [5.41, 5.74) is 5.32. The first-order valence-electron chi connectivity index (χ1n) is 6.26. The van der Waals surface area contributed by atoms with E-state index in [0.717, 1.165) is 13.0 Å². The Morgan fingerprint density at radius 3 is 2.58 bits per heavy atom. The zero-order valence-corrected chi connectivity index (χ0v) is 11.5. The highest BCUT2D eigenvalue weighted by atomic mass is 16.5. The first-order chi connectivity index (χ1) is 9.00. The van der Waals surface area contributed by atoms with Gasteiger partial charge in [-0.3, -0.25) is 0 Å². The fraction of sp³-hybridized carbons (Fsp3) is 0.500. The van der Waals surface area contributed by atoms with Crippen molar-refractivity contribution in [1.29, 1.82) is 0 Å². The molecule has 0 aliphatic rings. The molecule has 0 bridgehead atoms. The van der Waals surface area contributed by atoms with Gasteiger partial charge < -0.3 is 20.5 Å². The Kier molecular flexibility index (Phi) is 5.95. The van der Waals surface area contributed by atoms with Gasteiger partial charge in [-0.25, -0.2) is 4.79 Å². The summed E-state index contributed by atoms with van der Waals surface area (Å²) < 4.78 is 4.98. The van der Waals surface area contributed by atoms with Crippen LogP contribution in [0.15, 0.2) is 30.3 Å². The number of nitrogens with two attached hydrogens (primary N) is 1. The van der Waals surface area contributed by atoms with Crippen molar-refractivity contribution >= 4 is 5.97 Å². The average molecular weight is 266 g/mol. The van der Waals surface area contributed by atoms with Crippen molar-refractivity contribution in [2.24, 2.45) is 5.73 Å². The highest BCUT2D eigenvalue weighted by Gasteiger charge is 2.36. The molecule has 0 heterocycles. The van der Waals surface area contributed by atoms with E-state index in [1.54, 1.807) is 31.4 Å². The quantitative estimate of drug-likeness (QED) is 0.684. The number of hydrogen-bond acceptors (Lipinski definition) is 4. The van der Waals surface area contributed by atoms with Crippen LogP contribution in [-0.4, -0.2) is 49.8 Å². The number of nitrogens with zero attached hydrogens (tertiary/aromatic N) is 1. The normalized spacial score (nSPS) is 14.3. The summed E-state index contributed by atoms with van der Waals surface area (Å²) in [6, 6.07) is 8.93. The van der Waals surface area contributed by atoms with E-state index < -0.39 is 11.5 Å². The molecule has 19 heavy (non-hydrogen) atoms. The molecule has 0 aliphatic carbocycles. The van der Waals surface area contributed by atoms with E-state index in [1.165, 1.54) is 0 Å². The average Bonchev–Trinajstić information content (AvgIpc) is 2.39. The second kappa shape index (κ2) is 7.23. The van der Waals surface area contributed by atoms with Crippen LogP contribution in [0.5, 0.6) is 0 Å². The van der Waals surface area contributed by atoms with Gasteiger partial charge in [0, 0.05) is 26.8 Å². The van der Waals surface area contributed by atoms with Crippen LogP contribution in [0.25, 0.3) is 0 Å². The van der Waals surface area contributed by atoms with E-state index in [0.29, 0.717) is 12.2 Å². The Morgan fingerprint density at radius 2 is 2.05 bits per heavy atom. The molecule has 0 saturated heterocycles. The monoisotopic (exact) mass is 266 g/mol. The summed E-state index contributed by atoms with van der Waals surface area (Å²) >= 11 is 0. The molecule has 106 valence electrons. The maximum Gasteiger partial charge on any atom is 0.329 e. The molecule has 0 radical (unpaired) electrons. The molecule has 1 rings (SSSR count). The van der Waals surface area contributed by atoms with E-state index in [2.05, 4.69) is 0 Å². The third-order valence-electron chi connectivity index (χ3n) is 3.08. The second-order valence-electron chi connectivity index (χ2n) is 4.73. The molecule has 5 heteroatoms. The minimum atomic E-state index is -1.39. The standard InChI is InChI=1S/C14H22N2O3/c1-16(9-6-10-19-2)11-14(15,13(17)18)12-7-4-3-5-8-12/h3-5,7-8H,6,9-11,15H2,1-2H3,(H,17,18). The van der Waals surface area contributed by atoms with Crippen LogP contribution in [0.3, 0.4) is 0 Å². The zero-order valence-electron chi connectivity index (χ0n) is 11.5. The number of likely N-dealkylation sites (N-methyl/N-ethyl adjacent to an activating group) is 1. The lowest BCUT2D eigenvalue weighted by Gasteiger charge is -2.30. The van der Waals surface area contributed by atoms with Crippen LogP contribution in [0.1, 0.15) is 12.0 Å². The van der Waals surface area contributed by atoms with Crippen molar-refractivity contribution in [3.05, 3.63) is 35.9 Å². The Morgan fingerprint density at radius 1 is 1.42 bits per heavy atom. The predicted octanol–water partition coefficient (Wildman–Crippen LogP) is 0.894. The smallest absolute Gasteiger partial charge is 0.329 e. The van der Waals surface area contributed by atoms with Crippen molar-refractivity contribution in [2.75, 3.05) is 33.9 Å². The SMILES string of the molecule is COCCCN(C)CC(N)(C(=O)O)c1ccccc1. The van der Waals surface area contributed by atoms with Crippen LogP contribution in [0.4, 0.5) is 0 Å².